The molecule has 0 aromatic carbocycles. The Hall–Kier alpha value is -1.91. The molecule has 0 fully saturated rings. The number of allylic oxidation sites excluding steroid dienone is 7. The summed E-state index contributed by atoms with van der Waals surface area (Å²) in [5.41, 5.74) is 5.85. The summed E-state index contributed by atoms with van der Waals surface area (Å²) in [6, 6.07) is -0.971. The lowest BCUT2D eigenvalue weighted by Gasteiger charge is -2.21. The Morgan fingerprint density at radius 2 is 1.77 bits per heavy atom. The molecule has 0 saturated heterocycles. The van der Waals surface area contributed by atoms with Crippen molar-refractivity contribution in [3.63, 3.8) is 0 Å². The first-order valence-corrected chi connectivity index (χ1v) is 13.2. The van der Waals surface area contributed by atoms with E-state index in [2.05, 4.69) is 19.1 Å². The van der Waals surface area contributed by atoms with Gasteiger partial charge in [-0.1, -0.05) is 68.4 Å². The summed E-state index contributed by atoms with van der Waals surface area (Å²) in [5.74, 6) is -1.47. The number of aliphatic hydroxyl groups is 3. The number of unbranched alkanes of at least 4 members (excludes halogenated alkanes) is 3. The van der Waals surface area contributed by atoms with Gasteiger partial charge in [0.1, 0.15) is 18.8 Å². The second kappa shape index (κ2) is 22.5. The molecule has 6 N–H and O–H groups in total. The number of esters is 1. The normalized spacial score (nSPS) is 15.8. The number of hydrogen-bond acceptors (Lipinski definition) is 8. The van der Waals surface area contributed by atoms with E-state index in [1.54, 1.807) is 12.2 Å². The van der Waals surface area contributed by atoms with Gasteiger partial charge < -0.3 is 30.9 Å². The highest BCUT2D eigenvalue weighted by Gasteiger charge is 2.22. The average molecular weight is 514 g/mol. The lowest BCUT2D eigenvalue weighted by Crippen LogP contribution is -2.37. The Labute approximate surface area is 213 Å². The summed E-state index contributed by atoms with van der Waals surface area (Å²) in [7, 11) is 0. The minimum Gasteiger partial charge on any atom is -0.481 e. The summed E-state index contributed by atoms with van der Waals surface area (Å²) in [6.07, 6.45) is 20.0. The number of carboxylic acid groups (broad SMARTS) is 1. The van der Waals surface area contributed by atoms with Gasteiger partial charge in [-0.05, 0) is 32.1 Å². The number of thioether (sulfide) groups is 1. The van der Waals surface area contributed by atoms with E-state index in [9.17, 15) is 19.8 Å². The van der Waals surface area contributed by atoms with Crippen molar-refractivity contribution in [2.75, 3.05) is 19.0 Å². The molecule has 200 valence electrons. The lowest BCUT2D eigenvalue weighted by atomic mass is 10.1. The highest BCUT2D eigenvalue weighted by molar-refractivity contribution is 8.00. The quantitative estimate of drug-likeness (QED) is 0.0675. The van der Waals surface area contributed by atoms with Crippen LogP contribution < -0.4 is 5.73 Å². The zero-order valence-electron chi connectivity index (χ0n) is 20.7. The number of carboxylic acids is 1. The fourth-order valence-electron chi connectivity index (χ4n) is 2.81. The van der Waals surface area contributed by atoms with Crippen LogP contribution in [0.1, 0.15) is 58.3 Å². The molecule has 0 heterocycles. The number of aliphatic hydroxyl groups excluding tert-OH is 3. The number of nitrogens with two attached hydrogens (primary N) is 1. The molecular formula is C26H43NO7S. The molecule has 35 heavy (non-hydrogen) atoms. The Bertz CT molecular complexity index is 679. The zero-order valence-corrected chi connectivity index (χ0v) is 21.5. The van der Waals surface area contributed by atoms with Gasteiger partial charge >= 0.3 is 11.9 Å². The summed E-state index contributed by atoms with van der Waals surface area (Å²) >= 11 is 1.26. The Kier molecular flexibility index (Phi) is 21.3. The van der Waals surface area contributed by atoms with Crippen LogP contribution in [0.4, 0.5) is 0 Å². The van der Waals surface area contributed by atoms with Crippen LogP contribution >= 0.6 is 11.8 Å². The molecule has 8 nitrogen and oxygen atoms in total. The summed E-state index contributed by atoms with van der Waals surface area (Å²) in [5, 5.41) is 37.0. The topological polar surface area (TPSA) is 150 Å². The molecule has 0 rings (SSSR count). The fraction of sp³-hybridized carbons (Fsp3) is 0.615. The predicted molar refractivity (Wildman–Crippen MR) is 141 cm³/mol. The molecule has 0 bridgehead atoms. The van der Waals surface area contributed by atoms with Crippen LogP contribution in [-0.2, 0) is 14.3 Å². The lowest BCUT2D eigenvalue weighted by molar-refractivity contribution is -0.148. The van der Waals surface area contributed by atoms with Crippen molar-refractivity contribution in [1.82, 2.24) is 0 Å². The molecule has 0 aliphatic heterocycles. The molecule has 0 unspecified atom stereocenters. The van der Waals surface area contributed by atoms with E-state index in [0.717, 1.165) is 12.8 Å². The highest BCUT2D eigenvalue weighted by Crippen LogP contribution is 2.21. The van der Waals surface area contributed by atoms with Crippen molar-refractivity contribution < 1.29 is 34.8 Å². The number of carbonyl (C=O) groups excluding carboxylic acids is 1. The van der Waals surface area contributed by atoms with Crippen LogP contribution in [0.25, 0.3) is 0 Å². The number of ether oxygens (including phenoxy) is 1. The Balaban J connectivity index is 4.71. The van der Waals surface area contributed by atoms with Gasteiger partial charge in [-0.15, -0.1) is 11.8 Å². The van der Waals surface area contributed by atoms with Gasteiger partial charge in [0.15, 0.2) is 0 Å². The molecule has 9 heteroatoms. The first kappa shape index (κ1) is 33.1. The monoisotopic (exact) mass is 513 g/mol. The van der Waals surface area contributed by atoms with Crippen molar-refractivity contribution in [1.29, 1.82) is 0 Å². The fourth-order valence-corrected chi connectivity index (χ4v) is 3.93. The largest absolute Gasteiger partial charge is 0.481 e. The maximum atomic E-state index is 11.9. The SMILES string of the molecule is CCCCC/C=C\C\C=C/C=C/C=C/[C@@H](SC[C@H](N)C(=O)OC[C@@H](O)CO)[C@@H](O)CCCC(=O)O. The number of hydrogen-bond donors (Lipinski definition) is 5. The molecule has 4 atom stereocenters. The van der Waals surface area contributed by atoms with Gasteiger partial charge in [0.25, 0.3) is 0 Å². The van der Waals surface area contributed by atoms with Gasteiger partial charge in [-0.25, -0.2) is 0 Å². The second-order valence-corrected chi connectivity index (χ2v) is 9.34. The Morgan fingerprint density at radius 3 is 2.46 bits per heavy atom. The van der Waals surface area contributed by atoms with Crippen LogP contribution in [0.5, 0.6) is 0 Å². The first-order chi connectivity index (χ1) is 16.8. The maximum absolute atomic E-state index is 11.9. The molecule has 0 aromatic rings. The van der Waals surface area contributed by atoms with E-state index >= 15 is 0 Å². The maximum Gasteiger partial charge on any atom is 0.323 e. The predicted octanol–water partition coefficient (Wildman–Crippen LogP) is 3.12. The summed E-state index contributed by atoms with van der Waals surface area (Å²) < 4.78 is 4.86. The standard InChI is InChI=1S/C26H43NO7S/c1-2-3-4-5-6-7-8-9-10-11-12-13-16-24(23(30)15-14-17-25(31)32)35-20-22(27)26(33)34-19-21(29)18-28/h6-7,9-13,16,21-24,28-30H,2-5,8,14-15,17-20,27H2,1H3,(H,31,32)/b7-6-,10-9-,12-11+,16-13+/t21-,22-,23-,24+/m0/s1. The minimum absolute atomic E-state index is 0.0328. The molecule has 0 aliphatic carbocycles. The smallest absolute Gasteiger partial charge is 0.323 e. The van der Waals surface area contributed by atoms with Crippen molar-refractivity contribution in [2.45, 2.75) is 81.8 Å². The average Bonchev–Trinajstić information content (AvgIpc) is 2.84. The number of carbonyl (C=O) groups is 2. The number of aliphatic carboxylic acids is 1. The molecule has 0 aliphatic rings. The van der Waals surface area contributed by atoms with E-state index < -0.39 is 42.0 Å². The van der Waals surface area contributed by atoms with Crippen LogP contribution in [-0.4, -0.2) is 74.8 Å². The van der Waals surface area contributed by atoms with E-state index in [-0.39, 0.29) is 18.8 Å². The molecular weight excluding hydrogens is 470 g/mol. The molecule has 0 aromatic heterocycles. The summed E-state index contributed by atoms with van der Waals surface area (Å²) in [6.45, 7) is 1.32. The van der Waals surface area contributed by atoms with Gasteiger partial charge in [-0.2, -0.15) is 0 Å². The number of rotatable bonds is 21. The van der Waals surface area contributed by atoms with Crippen molar-refractivity contribution in [3.05, 3.63) is 48.6 Å². The minimum atomic E-state index is -1.16. The zero-order chi connectivity index (χ0) is 26.3. The van der Waals surface area contributed by atoms with Gasteiger partial charge in [0, 0.05) is 17.4 Å². The molecule has 0 spiro atoms. The van der Waals surface area contributed by atoms with Gasteiger partial charge in [0.05, 0.1) is 12.7 Å². The van der Waals surface area contributed by atoms with Crippen molar-refractivity contribution >= 4 is 23.7 Å². The van der Waals surface area contributed by atoms with Crippen molar-refractivity contribution in [2.24, 2.45) is 5.73 Å². The second-order valence-electron chi connectivity index (χ2n) is 8.13. The van der Waals surface area contributed by atoms with Crippen LogP contribution in [0.3, 0.4) is 0 Å². The third-order valence-electron chi connectivity index (χ3n) is 4.85. The first-order valence-electron chi connectivity index (χ1n) is 12.2. The molecule has 0 saturated carbocycles. The van der Waals surface area contributed by atoms with E-state index in [1.807, 2.05) is 24.3 Å². The molecule has 0 radical (unpaired) electrons. The van der Waals surface area contributed by atoms with E-state index in [1.165, 1.54) is 31.0 Å². The van der Waals surface area contributed by atoms with Crippen LogP contribution in [0, 0.1) is 0 Å². The van der Waals surface area contributed by atoms with Crippen LogP contribution in [0.15, 0.2) is 48.6 Å². The molecule has 0 amide bonds. The Morgan fingerprint density at radius 1 is 1.03 bits per heavy atom. The van der Waals surface area contributed by atoms with Gasteiger partial charge in [-0.3, -0.25) is 9.59 Å². The van der Waals surface area contributed by atoms with Gasteiger partial charge in [0.2, 0.25) is 0 Å². The third kappa shape index (κ3) is 20.0. The van der Waals surface area contributed by atoms with Crippen LogP contribution in [0.2, 0.25) is 0 Å². The van der Waals surface area contributed by atoms with Crippen molar-refractivity contribution in [3.8, 4) is 0 Å². The summed E-state index contributed by atoms with van der Waals surface area (Å²) in [4.78, 5) is 22.7. The van der Waals surface area contributed by atoms with E-state index in [4.69, 9.17) is 20.7 Å². The van der Waals surface area contributed by atoms with E-state index in [0.29, 0.717) is 12.8 Å². The highest BCUT2D eigenvalue weighted by atomic mass is 32.2. The third-order valence-corrected chi connectivity index (χ3v) is 6.26.